The summed E-state index contributed by atoms with van der Waals surface area (Å²) in [5, 5.41) is -1.09. The predicted octanol–water partition coefficient (Wildman–Crippen LogP) is 2.55. The van der Waals surface area contributed by atoms with Crippen molar-refractivity contribution in [2.75, 3.05) is 7.11 Å². The fraction of sp³-hybridized carbons (Fsp3) is 0.250. The zero-order valence-electron chi connectivity index (χ0n) is 7.43. The summed E-state index contributed by atoms with van der Waals surface area (Å²) in [5.41, 5.74) is -1.33. The molecule has 0 aliphatic carbocycles. The quantitative estimate of drug-likeness (QED) is 0.601. The van der Waals surface area contributed by atoms with Crippen LogP contribution < -0.4 is 4.74 Å². The summed E-state index contributed by atoms with van der Waals surface area (Å²) in [6.07, 6.45) is -2.99. The van der Waals surface area contributed by atoms with E-state index in [0.29, 0.717) is 6.07 Å². The van der Waals surface area contributed by atoms with Gasteiger partial charge in [-0.15, -0.1) is 0 Å². The van der Waals surface area contributed by atoms with E-state index in [1.165, 1.54) is 0 Å². The van der Waals surface area contributed by atoms with E-state index in [1.807, 2.05) is 0 Å². The number of halogens is 4. The van der Waals surface area contributed by atoms with Crippen molar-refractivity contribution in [3.8, 4) is 5.75 Å². The number of carbonyl (C=O) groups is 1. The van der Waals surface area contributed by atoms with Gasteiger partial charge >= 0.3 is 0 Å². The van der Waals surface area contributed by atoms with E-state index in [4.69, 9.17) is 11.6 Å². The SMILES string of the molecule is COc1c(C(=O)Cl)cc(C(F)F)nc1F. The van der Waals surface area contributed by atoms with Gasteiger partial charge in [0, 0.05) is 0 Å². The molecule has 0 aliphatic heterocycles. The monoisotopic (exact) mass is 239 g/mol. The maximum atomic E-state index is 13.1. The van der Waals surface area contributed by atoms with Crippen molar-refractivity contribution >= 4 is 16.8 Å². The van der Waals surface area contributed by atoms with Gasteiger partial charge in [0.2, 0.25) is 0 Å². The number of carbonyl (C=O) groups excluding carboxylic acids is 1. The third kappa shape index (κ3) is 2.38. The average Bonchev–Trinajstić information content (AvgIpc) is 2.16. The number of hydrogen-bond acceptors (Lipinski definition) is 3. The first kappa shape index (κ1) is 11.8. The summed E-state index contributed by atoms with van der Waals surface area (Å²) in [6, 6.07) is 0.696. The fourth-order valence-electron chi connectivity index (χ4n) is 0.973. The third-order valence-electron chi connectivity index (χ3n) is 1.59. The van der Waals surface area contributed by atoms with Crippen LogP contribution in [0.25, 0.3) is 0 Å². The lowest BCUT2D eigenvalue weighted by atomic mass is 10.2. The molecule has 1 aromatic rings. The van der Waals surface area contributed by atoms with Gasteiger partial charge in [0.05, 0.1) is 12.7 Å². The van der Waals surface area contributed by atoms with E-state index in [9.17, 15) is 18.0 Å². The summed E-state index contributed by atoms with van der Waals surface area (Å²) in [5.74, 6) is -1.83. The van der Waals surface area contributed by atoms with Crippen LogP contribution in [0.15, 0.2) is 6.07 Å². The number of rotatable bonds is 3. The summed E-state index contributed by atoms with van der Waals surface area (Å²) >= 11 is 5.08. The number of pyridine rings is 1. The summed E-state index contributed by atoms with van der Waals surface area (Å²) in [6.45, 7) is 0. The Hall–Kier alpha value is -1.30. The van der Waals surface area contributed by atoms with Crippen molar-refractivity contribution in [3.05, 3.63) is 23.3 Å². The van der Waals surface area contributed by atoms with Gasteiger partial charge in [-0.3, -0.25) is 4.79 Å². The number of aromatic nitrogens is 1. The summed E-state index contributed by atoms with van der Waals surface area (Å²) in [4.78, 5) is 13.7. The van der Waals surface area contributed by atoms with Crippen LogP contribution >= 0.6 is 11.6 Å². The molecule has 0 unspecified atom stereocenters. The number of ether oxygens (including phenoxy) is 1. The zero-order valence-corrected chi connectivity index (χ0v) is 8.19. The van der Waals surface area contributed by atoms with E-state index in [-0.39, 0.29) is 0 Å². The Balaban J connectivity index is 3.38. The smallest absolute Gasteiger partial charge is 0.280 e. The Morgan fingerprint density at radius 2 is 2.20 bits per heavy atom. The molecular formula is C8H5ClF3NO2. The number of hydrogen-bond donors (Lipinski definition) is 0. The normalized spacial score (nSPS) is 10.5. The molecule has 0 aliphatic rings. The standard InChI is InChI=1S/C8H5ClF3NO2/c1-15-5-3(6(9)14)2-4(7(10)11)13-8(5)12/h2,7H,1H3. The summed E-state index contributed by atoms with van der Waals surface area (Å²) in [7, 11) is 1.07. The fourth-order valence-corrected chi connectivity index (χ4v) is 1.11. The Morgan fingerprint density at radius 3 is 2.60 bits per heavy atom. The van der Waals surface area contributed by atoms with Crippen molar-refractivity contribution in [3.63, 3.8) is 0 Å². The molecule has 0 saturated carbocycles. The predicted molar refractivity (Wildman–Crippen MR) is 45.9 cm³/mol. The van der Waals surface area contributed by atoms with E-state index >= 15 is 0 Å². The molecule has 82 valence electrons. The van der Waals surface area contributed by atoms with Gasteiger partial charge in [0.25, 0.3) is 17.6 Å². The molecule has 0 N–H and O–H groups in total. The van der Waals surface area contributed by atoms with Crippen LogP contribution in [0.2, 0.25) is 0 Å². The minimum atomic E-state index is -2.99. The number of alkyl halides is 2. The van der Waals surface area contributed by atoms with Gasteiger partial charge in [0.1, 0.15) is 5.69 Å². The first-order chi connectivity index (χ1) is 6.97. The van der Waals surface area contributed by atoms with Gasteiger partial charge in [-0.25, -0.2) is 13.8 Å². The lowest BCUT2D eigenvalue weighted by molar-refractivity contribution is 0.107. The molecule has 7 heteroatoms. The third-order valence-corrected chi connectivity index (χ3v) is 1.79. The van der Waals surface area contributed by atoms with Gasteiger partial charge in [-0.2, -0.15) is 4.39 Å². The first-order valence-electron chi connectivity index (χ1n) is 3.69. The van der Waals surface area contributed by atoms with Gasteiger partial charge < -0.3 is 4.74 Å². The molecule has 0 amide bonds. The van der Waals surface area contributed by atoms with Gasteiger partial charge in [0.15, 0.2) is 5.75 Å². The maximum absolute atomic E-state index is 13.1. The van der Waals surface area contributed by atoms with Gasteiger partial charge in [-0.1, -0.05) is 0 Å². The van der Waals surface area contributed by atoms with Crippen LogP contribution in [0.5, 0.6) is 5.75 Å². The highest BCUT2D eigenvalue weighted by atomic mass is 35.5. The maximum Gasteiger partial charge on any atom is 0.280 e. The van der Waals surface area contributed by atoms with Crippen molar-refractivity contribution in [1.82, 2.24) is 4.98 Å². The Morgan fingerprint density at radius 1 is 1.60 bits per heavy atom. The van der Waals surface area contributed by atoms with E-state index in [0.717, 1.165) is 7.11 Å². The molecule has 1 rings (SSSR count). The molecule has 15 heavy (non-hydrogen) atoms. The average molecular weight is 240 g/mol. The molecule has 0 aromatic carbocycles. The lowest BCUT2D eigenvalue weighted by Crippen LogP contribution is -2.04. The van der Waals surface area contributed by atoms with Crippen molar-refractivity contribution in [1.29, 1.82) is 0 Å². The Kier molecular flexibility index (Phi) is 3.52. The largest absolute Gasteiger partial charge is 0.491 e. The van der Waals surface area contributed by atoms with E-state index < -0.39 is 34.6 Å². The molecule has 1 heterocycles. The molecule has 3 nitrogen and oxygen atoms in total. The topological polar surface area (TPSA) is 39.2 Å². The summed E-state index contributed by atoms with van der Waals surface area (Å²) < 4.78 is 41.9. The molecule has 0 atom stereocenters. The number of methoxy groups -OCH3 is 1. The molecule has 0 spiro atoms. The second-order valence-electron chi connectivity index (χ2n) is 2.49. The molecule has 0 radical (unpaired) electrons. The highest BCUT2D eigenvalue weighted by Crippen LogP contribution is 2.27. The highest BCUT2D eigenvalue weighted by molar-refractivity contribution is 6.68. The van der Waals surface area contributed by atoms with Crippen LogP contribution in [-0.2, 0) is 0 Å². The molecule has 0 saturated heterocycles. The van der Waals surface area contributed by atoms with Crippen LogP contribution in [0, 0.1) is 5.95 Å². The Bertz CT molecular complexity index is 398. The van der Waals surface area contributed by atoms with Crippen LogP contribution in [0.3, 0.4) is 0 Å². The zero-order chi connectivity index (χ0) is 11.6. The van der Waals surface area contributed by atoms with Crippen LogP contribution in [0.1, 0.15) is 22.5 Å². The highest BCUT2D eigenvalue weighted by Gasteiger charge is 2.21. The van der Waals surface area contributed by atoms with Crippen LogP contribution in [0.4, 0.5) is 13.2 Å². The minimum absolute atomic E-state index is 0.470. The molecule has 0 fully saturated rings. The number of nitrogens with zero attached hydrogens (tertiary/aromatic N) is 1. The van der Waals surface area contributed by atoms with Crippen molar-refractivity contribution in [2.45, 2.75) is 6.43 Å². The minimum Gasteiger partial charge on any atom is -0.491 e. The van der Waals surface area contributed by atoms with Gasteiger partial charge in [-0.05, 0) is 17.7 Å². The van der Waals surface area contributed by atoms with E-state index in [2.05, 4.69) is 9.72 Å². The lowest BCUT2D eigenvalue weighted by Gasteiger charge is -2.07. The van der Waals surface area contributed by atoms with Crippen molar-refractivity contribution < 1.29 is 22.7 Å². The second kappa shape index (κ2) is 4.48. The van der Waals surface area contributed by atoms with E-state index in [1.54, 1.807) is 0 Å². The molecule has 1 aromatic heterocycles. The second-order valence-corrected chi connectivity index (χ2v) is 2.84. The van der Waals surface area contributed by atoms with Crippen LogP contribution in [-0.4, -0.2) is 17.3 Å². The van der Waals surface area contributed by atoms with Crippen molar-refractivity contribution in [2.24, 2.45) is 0 Å². The Labute approximate surface area is 87.8 Å². The first-order valence-corrected chi connectivity index (χ1v) is 4.07. The molecule has 0 bridgehead atoms. The molecular weight excluding hydrogens is 235 g/mol.